The lowest BCUT2D eigenvalue weighted by atomic mass is 10.1. The molecule has 2 unspecified atom stereocenters. The third-order valence-electron chi connectivity index (χ3n) is 4.28. The van der Waals surface area contributed by atoms with Crippen LogP contribution in [0.15, 0.2) is 0 Å². The number of likely N-dealkylation sites (tertiary alicyclic amines) is 1. The lowest BCUT2D eigenvalue weighted by molar-refractivity contribution is -0.128. The molecule has 1 N–H and O–H groups in total. The monoisotopic (exact) mass is 338 g/mol. The van der Waals surface area contributed by atoms with Crippen molar-refractivity contribution in [3.05, 3.63) is 0 Å². The molecule has 0 aliphatic carbocycles. The first-order valence-electron chi connectivity index (χ1n) is 7.74. The molecule has 2 fully saturated rings. The molecule has 2 heterocycles. The lowest BCUT2D eigenvalue weighted by Gasteiger charge is -2.24. The maximum atomic E-state index is 12.2. The van der Waals surface area contributed by atoms with E-state index in [4.69, 9.17) is 0 Å². The predicted octanol–water partition coefficient (Wildman–Crippen LogP) is 1.37. The van der Waals surface area contributed by atoms with E-state index in [-0.39, 0.29) is 29.8 Å². The molecule has 2 bridgehead atoms. The average molecular weight is 339 g/mol. The number of nitrogens with zero attached hydrogens (tertiary/aromatic N) is 1. The molecule has 21 heavy (non-hydrogen) atoms. The third-order valence-corrected chi connectivity index (χ3v) is 5.88. The Balaban J connectivity index is 0.00000220. The van der Waals surface area contributed by atoms with Crippen molar-refractivity contribution in [3.8, 4) is 0 Å². The number of nitrogens with one attached hydrogen (secondary N) is 1. The summed E-state index contributed by atoms with van der Waals surface area (Å²) in [6.07, 6.45) is 5.78. The molecule has 1 amide bonds. The van der Waals surface area contributed by atoms with Crippen molar-refractivity contribution in [2.75, 3.05) is 24.6 Å². The van der Waals surface area contributed by atoms with Crippen LogP contribution in [0.25, 0.3) is 0 Å². The fraction of sp³-hybridized carbons (Fsp3) is 0.929. The number of fused-ring (bicyclic) bond motifs is 2. The second-order valence-corrected chi connectivity index (χ2v) is 8.25. The minimum atomic E-state index is -3.24. The van der Waals surface area contributed by atoms with Gasteiger partial charge in [-0.05, 0) is 25.7 Å². The summed E-state index contributed by atoms with van der Waals surface area (Å²) in [6, 6.07) is 0.869. The smallest absolute Gasteiger partial charge is 0.237 e. The van der Waals surface area contributed by atoms with Gasteiger partial charge in [-0.2, -0.15) is 0 Å². The summed E-state index contributed by atoms with van der Waals surface area (Å²) in [5, 5.41) is 3.50. The van der Waals surface area contributed by atoms with Crippen molar-refractivity contribution in [3.63, 3.8) is 0 Å². The van der Waals surface area contributed by atoms with Crippen LogP contribution in [0.1, 0.15) is 45.4 Å². The van der Waals surface area contributed by atoms with Crippen LogP contribution in [0.5, 0.6) is 0 Å². The number of hydrogen-bond acceptors (Lipinski definition) is 4. The van der Waals surface area contributed by atoms with E-state index in [2.05, 4.69) is 5.32 Å². The molecule has 0 radical (unpaired) electrons. The van der Waals surface area contributed by atoms with Gasteiger partial charge in [0.05, 0.1) is 5.75 Å². The number of halogens is 1. The predicted molar refractivity (Wildman–Crippen MR) is 86.6 cm³/mol. The Kier molecular flexibility index (Phi) is 7.44. The molecule has 0 aromatic carbocycles. The second-order valence-electron chi connectivity index (χ2n) is 6.07. The van der Waals surface area contributed by atoms with E-state index in [0.717, 1.165) is 25.7 Å². The summed E-state index contributed by atoms with van der Waals surface area (Å²) in [6.45, 7) is 3.40. The number of unbranched alkanes of at least 4 members (excludes halogenated alkanes) is 2. The highest BCUT2D eigenvalue weighted by molar-refractivity contribution is 7.92. The molecular weight excluding hydrogens is 312 g/mol. The molecule has 5 nitrogen and oxygen atoms in total. The number of sulfone groups is 1. The molecule has 2 aliphatic heterocycles. The quantitative estimate of drug-likeness (QED) is 0.743. The van der Waals surface area contributed by atoms with E-state index >= 15 is 0 Å². The summed E-state index contributed by atoms with van der Waals surface area (Å²) in [7, 11) is -3.24. The van der Waals surface area contributed by atoms with Gasteiger partial charge in [-0.1, -0.05) is 19.8 Å². The second kappa shape index (κ2) is 8.34. The number of carbonyl (C=O) groups excluding carboxylic acids is 1. The molecular formula is C14H27ClN2O3S. The first-order chi connectivity index (χ1) is 9.50. The molecule has 0 spiro atoms. The standard InChI is InChI=1S/C14H26N2O3S.ClH/c1-2-3-4-9-20(18,19)11-14(17)16-8-7-12-5-6-13(10-16)15-12;/h12-13,15H,2-11H2,1H3;1H. The van der Waals surface area contributed by atoms with E-state index in [1.165, 1.54) is 6.42 Å². The number of hydrogen-bond donors (Lipinski definition) is 1. The summed E-state index contributed by atoms with van der Waals surface area (Å²) < 4.78 is 23.9. The zero-order valence-corrected chi connectivity index (χ0v) is 14.3. The van der Waals surface area contributed by atoms with Gasteiger partial charge in [0, 0.05) is 25.2 Å². The van der Waals surface area contributed by atoms with Gasteiger partial charge in [0.15, 0.2) is 9.84 Å². The highest BCUT2D eigenvalue weighted by Gasteiger charge is 2.32. The Morgan fingerprint density at radius 3 is 2.62 bits per heavy atom. The van der Waals surface area contributed by atoms with Crippen molar-refractivity contribution < 1.29 is 13.2 Å². The Morgan fingerprint density at radius 1 is 1.19 bits per heavy atom. The van der Waals surface area contributed by atoms with Gasteiger partial charge in [0.2, 0.25) is 5.91 Å². The van der Waals surface area contributed by atoms with Gasteiger partial charge in [-0.25, -0.2) is 8.42 Å². The van der Waals surface area contributed by atoms with Crippen LogP contribution in [0.4, 0.5) is 0 Å². The van der Waals surface area contributed by atoms with Crippen LogP contribution in [0.3, 0.4) is 0 Å². The zero-order chi connectivity index (χ0) is 14.6. The molecule has 0 saturated carbocycles. The maximum Gasteiger partial charge on any atom is 0.237 e. The molecule has 124 valence electrons. The molecule has 2 rings (SSSR count). The Labute approximate surface area is 134 Å². The fourth-order valence-corrected chi connectivity index (χ4v) is 4.44. The Hall–Kier alpha value is -0.330. The van der Waals surface area contributed by atoms with Gasteiger partial charge in [-0.15, -0.1) is 12.4 Å². The van der Waals surface area contributed by atoms with Gasteiger partial charge < -0.3 is 10.2 Å². The minimum absolute atomic E-state index is 0. The van der Waals surface area contributed by atoms with Gasteiger partial charge in [-0.3, -0.25) is 4.79 Å². The first-order valence-corrected chi connectivity index (χ1v) is 9.56. The van der Waals surface area contributed by atoms with Gasteiger partial charge >= 0.3 is 0 Å². The Bertz CT molecular complexity index is 442. The lowest BCUT2D eigenvalue weighted by Crippen LogP contribution is -2.42. The zero-order valence-electron chi connectivity index (χ0n) is 12.7. The highest BCUT2D eigenvalue weighted by atomic mass is 35.5. The topological polar surface area (TPSA) is 66.5 Å². The normalized spacial score (nSPS) is 25.3. The SMILES string of the molecule is CCCCCS(=O)(=O)CC(=O)N1CCC2CCC(C1)N2.Cl. The van der Waals surface area contributed by atoms with E-state index < -0.39 is 9.84 Å². The summed E-state index contributed by atoms with van der Waals surface area (Å²) in [5.74, 6) is -0.380. The molecule has 0 aromatic rings. The molecule has 0 aromatic heterocycles. The summed E-state index contributed by atoms with van der Waals surface area (Å²) in [5.41, 5.74) is 0. The summed E-state index contributed by atoms with van der Waals surface area (Å²) >= 11 is 0. The Morgan fingerprint density at radius 2 is 1.90 bits per heavy atom. The van der Waals surface area contributed by atoms with Crippen molar-refractivity contribution >= 4 is 28.2 Å². The molecule has 2 saturated heterocycles. The van der Waals surface area contributed by atoms with E-state index in [1.54, 1.807) is 4.90 Å². The van der Waals surface area contributed by atoms with Crippen LogP contribution in [-0.4, -0.2) is 55.9 Å². The largest absolute Gasteiger partial charge is 0.340 e. The van der Waals surface area contributed by atoms with Crippen molar-refractivity contribution in [2.45, 2.75) is 57.5 Å². The van der Waals surface area contributed by atoms with Crippen molar-refractivity contribution in [1.82, 2.24) is 10.2 Å². The number of carbonyl (C=O) groups is 1. The van der Waals surface area contributed by atoms with Gasteiger partial charge in [0.25, 0.3) is 0 Å². The van der Waals surface area contributed by atoms with Crippen molar-refractivity contribution in [1.29, 1.82) is 0 Å². The van der Waals surface area contributed by atoms with Crippen LogP contribution >= 0.6 is 12.4 Å². The van der Waals surface area contributed by atoms with E-state index in [9.17, 15) is 13.2 Å². The van der Waals surface area contributed by atoms with Gasteiger partial charge in [0.1, 0.15) is 5.75 Å². The fourth-order valence-electron chi connectivity index (χ4n) is 3.09. The highest BCUT2D eigenvalue weighted by Crippen LogP contribution is 2.20. The van der Waals surface area contributed by atoms with Crippen LogP contribution < -0.4 is 5.32 Å². The van der Waals surface area contributed by atoms with Crippen LogP contribution in [-0.2, 0) is 14.6 Å². The molecule has 2 aliphatic rings. The summed E-state index contributed by atoms with van der Waals surface area (Å²) in [4.78, 5) is 13.9. The van der Waals surface area contributed by atoms with Crippen molar-refractivity contribution in [2.24, 2.45) is 0 Å². The maximum absolute atomic E-state index is 12.2. The van der Waals surface area contributed by atoms with E-state index in [0.29, 0.717) is 31.6 Å². The minimum Gasteiger partial charge on any atom is -0.340 e. The number of amides is 1. The van der Waals surface area contributed by atoms with E-state index in [1.807, 2.05) is 6.92 Å². The molecule has 7 heteroatoms. The third kappa shape index (κ3) is 5.75. The van der Waals surface area contributed by atoms with Crippen LogP contribution in [0.2, 0.25) is 0 Å². The average Bonchev–Trinajstić information content (AvgIpc) is 2.68. The first kappa shape index (κ1) is 18.7. The molecule has 2 atom stereocenters. The van der Waals surface area contributed by atoms with Crippen LogP contribution in [0, 0.1) is 0 Å². The number of rotatable bonds is 6.